The summed E-state index contributed by atoms with van der Waals surface area (Å²) in [6.07, 6.45) is 1.71. The Morgan fingerprint density at radius 2 is 1.50 bits per heavy atom. The molecule has 3 nitrogen and oxygen atoms in total. The average molecular weight is 285 g/mol. The third-order valence-corrected chi connectivity index (χ3v) is 3.54. The van der Waals surface area contributed by atoms with Gasteiger partial charge in [-0.1, -0.05) is 36.4 Å². The maximum Gasteiger partial charge on any atom is 0.146 e. The molecule has 0 amide bonds. The van der Waals surface area contributed by atoms with E-state index in [1.807, 2.05) is 60.7 Å². The Kier molecular flexibility index (Phi) is 2.80. The maximum absolute atomic E-state index is 9.42. The molecular formula is C19H11NO2. The van der Waals surface area contributed by atoms with E-state index >= 15 is 0 Å². The lowest BCUT2D eigenvalue weighted by Gasteiger charge is -1.91. The number of hydrogen-bond acceptors (Lipinski definition) is 3. The third kappa shape index (κ3) is 2.07. The van der Waals surface area contributed by atoms with E-state index in [1.54, 1.807) is 6.08 Å². The molecule has 0 aliphatic heterocycles. The zero-order valence-corrected chi connectivity index (χ0v) is 11.6. The second kappa shape index (κ2) is 4.94. The largest absolute Gasteiger partial charge is 0.457 e. The van der Waals surface area contributed by atoms with Gasteiger partial charge < -0.3 is 8.83 Å². The van der Waals surface area contributed by atoms with E-state index in [0.29, 0.717) is 17.1 Å². The second-order valence-electron chi connectivity index (χ2n) is 5.00. The van der Waals surface area contributed by atoms with Gasteiger partial charge in [-0.2, -0.15) is 5.26 Å². The van der Waals surface area contributed by atoms with Crippen molar-refractivity contribution in [2.24, 2.45) is 0 Å². The lowest BCUT2D eigenvalue weighted by Crippen LogP contribution is -1.75. The molecule has 0 unspecified atom stereocenters. The molecule has 2 aromatic heterocycles. The molecule has 0 saturated heterocycles. The predicted molar refractivity (Wildman–Crippen MR) is 85.9 cm³/mol. The lowest BCUT2D eigenvalue weighted by atomic mass is 10.1. The average Bonchev–Trinajstić information content (AvgIpc) is 3.15. The van der Waals surface area contributed by atoms with E-state index in [0.717, 1.165) is 21.9 Å². The van der Waals surface area contributed by atoms with Gasteiger partial charge in [-0.3, -0.25) is 0 Å². The topological polar surface area (TPSA) is 50.1 Å². The van der Waals surface area contributed by atoms with Gasteiger partial charge in [0.1, 0.15) is 28.8 Å². The van der Waals surface area contributed by atoms with Crippen molar-refractivity contribution in [2.45, 2.75) is 0 Å². The fourth-order valence-corrected chi connectivity index (χ4v) is 2.49. The first kappa shape index (κ1) is 12.5. The second-order valence-corrected chi connectivity index (χ2v) is 5.00. The molecule has 22 heavy (non-hydrogen) atoms. The molecule has 4 rings (SSSR count). The van der Waals surface area contributed by atoms with Crippen molar-refractivity contribution in [3.8, 4) is 6.07 Å². The number of para-hydroxylation sites is 2. The van der Waals surface area contributed by atoms with E-state index in [1.165, 1.54) is 0 Å². The number of fused-ring (bicyclic) bond motifs is 2. The number of hydrogen-bond donors (Lipinski definition) is 0. The highest BCUT2D eigenvalue weighted by Gasteiger charge is 2.10. The summed E-state index contributed by atoms with van der Waals surface area (Å²) < 4.78 is 11.5. The Morgan fingerprint density at radius 3 is 2.14 bits per heavy atom. The minimum Gasteiger partial charge on any atom is -0.457 e. The van der Waals surface area contributed by atoms with Crippen LogP contribution in [0.1, 0.15) is 11.5 Å². The van der Waals surface area contributed by atoms with Crippen LogP contribution < -0.4 is 0 Å². The quantitative estimate of drug-likeness (QED) is 0.473. The fourth-order valence-electron chi connectivity index (χ4n) is 2.49. The molecule has 0 fully saturated rings. The molecule has 2 aromatic carbocycles. The van der Waals surface area contributed by atoms with Gasteiger partial charge in [0.15, 0.2) is 0 Å². The summed E-state index contributed by atoms with van der Waals surface area (Å²) in [6, 6.07) is 21.4. The Bertz CT molecular complexity index is 978. The molecule has 3 heteroatoms. The van der Waals surface area contributed by atoms with Gasteiger partial charge >= 0.3 is 0 Å². The van der Waals surface area contributed by atoms with Crippen LogP contribution in [0, 0.1) is 11.3 Å². The summed E-state index contributed by atoms with van der Waals surface area (Å²) in [7, 11) is 0. The predicted octanol–water partition coefficient (Wildman–Crippen LogP) is 5.24. The van der Waals surface area contributed by atoms with E-state index in [2.05, 4.69) is 6.07 Å². The molecule has 104 valence electrons. The van der Waals surface area contributed by atoms with Crippen molar-refractivity contribution >= 4 is 33.6 Å². The van der Waals surface area contributed by atoms with Gasteiger partial charge in [0.05, 0.1) is 5.57 Å². The Balaban J connectivity index is 1.82. The van der Waals surface area contributed by atoms with Crippen molar-refractivity contribution in [3.05, 3.63) is 72.2 Å². The van der Waals surface area contributed by atoms with Gasteiger partial charge in [-0.25, -0.2) is 0 Å². The zero-order valence-electron chi connectivity index (χ0n) is 11.6. The van der Waals surface area contributed by atoms with Gasteiger partial charge in [0.25, 0.3) is 0 Å². The van der Waals surface area contributed by atoms with Crippen LogP contribution in [0.15, 0.2) is 69.5 Å². The summed E-state index contributed by atoms with van der Waals surface area (Å²) in [6.45, 7) is 0. The molecular weight excluding hydrogens is 274 g/mol. The highest BCUT2D eigenvalue weighted by atomic mass is 16.3. The zero-order chi connectivity index (χ0) is 14.9. The SMILES string of the molecule is N#C/C(=C\c1cc2ccccc2o1)c1cc2ccccc2o1. The molecule has 0 atom stereocenters. The highest BCUT2D eigenvalue weighted by Crippen LogP contribution is 2.27. The Morgan fingerprint density at radius 1 is 0.864 bits per heavy atom. The van der Waals surface area contributed by atoms with Crippen LogP contribution in [0.25, 0.3) is 33.6 Å². The fraction of sp³-hybridized carbons (Fsp3) is 0. The number of furan rings is 2. The Labute approximate surface area is 126 Å². The maximum atomic E-state index is 9.42. The first-order valence-electron chi connectivity index (χ1n) is 6.93. The van der Waals surface area contributed by atoms with Crippen molar-refractivity contribution < 1.29 is 8.83 Å². The van der Waals surface area contributed by atoms with Crippen LogP contribution in [-0.4, -0.2) is 0 Å². The van der Waals surface area contributed by atoms with Crippen LogP contribution in [0.4, 0.5) is 0 Å². The standard InChI is InChI=1S/C19H11NO2/c20-12-15(19-11-14-6-2-4-8-18(14)22-19)10-16-9-13-5-1-3-7-17(13)21-16/h1-11H/b15-10+. The Hall–Kier alpha value is -3.25. The van der Waals surface area contributed by atoms with Gasteiger partial charge in [0, 0.05) is 16.8 Å². The van der Waals surface area contributed by atoms with Crippen molar-refractivity contribution in [1.82, 2.24) is 0 Å². The first-order valence-corrected chi connectivity index (χ1v) is 6.93. The van der Waals surface area contributed by atoms with Crippen molar-refractivity contribution in [2.75, 3.05) is 0 Å². The number of allylic oxidation sites excluding steroid dienone is 1. The minimum absolute atomic E-state index is 0.440. The monoisotopic (exact) mass is 285 g/mol. The highest BCUT2D eigenvalue weighted by molar-refractivity contribution is 5.92. The smallest absolute Gasteiger partial charge is 0.146 e. The van der Waals surface area contributed by atoms with E-state index in [-0.39, 0.29) is 0 Å². The van der Waals surface area contributed by atoms with Gasteiger partial charge in [-0.15, -0.1) is 0 Å². The van der Waals surface area contributed by atoms with Gasteiger partial charge in [0.2, 0.25) is 0 Å². The lowest BCUT2D eigenvalue weighted by molar-refractivity contribution is 0.597. The van der Waals surface area contributed by atoms with Crippen LogP contribution in [0.3, 0.4) is 0 Å². The molecule has 0 aliphatic carbocycles. The van der Waals surface area contributed by atoms with Crippen LogP contribution in [-0.2, 0) is 0 Å². The van der Waals surface area contributed by atoms with Crippen LogP contribution >= 0.6 is 0 Å². The van der Waals surface area contributed by atoms with Crippen LogP contribution in [0.5, 0.6) is 0 Å². The summed E-state index contributed by atoms with van der Waals surface area (Å²) in [5, 5.41) is 11.4. The summed E-state index contributed by atoms with van der Waals surface area (Å²) >= 11 is 0. The molecule has 2 heterocycles. The van der Waals surface area contributed by atoms with Gasteiger partial charge in [-0.05, 0) is 24.3 Å². The third-order valence-electron chi connectivity index (χ3n) is 3.54. The van der Waals surface area contributed by atoms with Crippen molar-refractivity contribution in [1.29, 1.82) is 5.26 Å². The summed E-state index contributed by atoms with van der Waals surface area (Å²) in [5.41, 5.74) is 2.01. The van der Waals surface area contributed by atoms with Crippen LogP contribution in [0.2, 0.25) is 0 Å². The molecule has 0 N–H and O–H groups in total. The molecule has 0 spiro atoms. The molecule has 4 aromatic rings. The number of benzene rings is 2. The first-order chi connectivity index (χ1) is 10.8. The summed E-state index contributed by atoms with van der Waals surface area (Å²) in [5.74, 6) is 1.18. The minimum atomic E-state index is 0.440. The van der Waals surface area contributed by atoms with E-state index in [4.69, 9.17) is 8.83 Å². The van der Waals surface area contributed by atoms with Crippen molar-refractivity contribution in [3.63, 3.8) is 0 Å². The summed E-state index contributed by atoms with van der Waals surface area (Å²) in [4.78, 5) is 0. The number of nitriles is 1. The number of nitrogens with zero attached hydrogens (tertiary/aromatic N) is 1. The van der Waals surface area contributed by atoms with E-state index in [9.17, 15) is 5.26 Å². The molecule has 0 aliphatic rings. The normalized spacial score (nSPS) is 11.9. The molecule has 0 bridgehead atoms. The van der Waals surface area contributed by atoms with E-state index < -0.39 is 0 Å². The number of rotatable bonds is 2. The molecule has 0 radical (unpaired) electrons. The molecule has 0 saturated carbocycles.